The third kappa shape index (κ3) is 2.76. The van der Waals surface area contributed by atoms with E-state index in [0.29, 0.717) is 17.7 Å². The van der Waals surface area contributed by atoms with Crippen LogP contribution in [-0.2, 0) is 17.9 Å². The number of H-pyrrole nitrogens is 1. The van der Waals surface area contributed by atoms with E-state index < -0.39 is 0 Å². The Hall–Kier alpha value is -1.14. The molecule has 0 aromatic carbocycles. The van der Waals surface area contributed by atoms with E-state index in [1.54, 1.807) is 10.8 Å². The lowest BCUT2D eigenvalue weighted by molar-refractivity contribution is -0.130. The van der Waals surface area contributed by atoms with Gasteiger partial charge in [0.05, 0.1) is 12.3 Å². The summed E-state index contributed by atoms with van der Waals surface area (Å²) in [4.78, 5) is 16.6. The molecule has 2 heterocycles. The quantitative estimate of drug-likeness (QED) is 0.791. The van der Waals surface area contributed by atoms with Crippen LogP contribution >= 0.6 is 12.2 Å². The molecular formula is C11H17N3O2S. The second kappa shape index (κ2) is 5.46. The molecule has 2 rings (SSSR count). The summed E-state index contributed by atoms with van der Waals surface area (Å²) in [5.41, 5.74) is 0.726. The average Bonchev–Trinajstić information content (AvgIpc) is 2.95. The second-order valence-corrected chi connectivity index (χ2v) is 4.62. The van der Waals surface area contributed by atoms with Gasteiger partial charge in [0.1, 0.15) is 0 Å². The van der Waals surface area contributed by atoms with E-state index >= 15 is 0 Å². The standard InChI is InChI=1S/C11H17N3O2S/c15-8-9-7-12-11(17)14(9)6-3-10(16)13-4-1-2-5-13/h7,15H,1-6,8H2,(H,12,17). The minimum atomic E-state index is -0.0644. The van der Waals surface area contributed by atoms with E-state index in [9.17, 15) is 4.79 Å². The van der Waals surface area contributed by atoms with Crippen LogP contribution in [0.15, 0.2) is 6.20 Å². The maximum atomic E-state index is 11.9. The van der Waals surface area contributed by atoms with Crippen molar-refractivity contribution in [3.63, 3.8) is 0 Å². The fourth-order valence-electron chi connectivity index (χ4n) is 2.14. The van der Waals surface area contributed by atoms with Crippen molar-refractivity contribution in [2.75, 3.05) is 13.1 Å². The van der Waals surface area contributed by atoms with Gasteiger partial charge >= 0.3 is 0 Å². The number of aromatic nitrogens is 2. The van der Waals surface area contributed by atoms with Crippen LogP contribution in [0.5, 0.6) is 0 Å². The molecule has 1 aliphatic heterocycles. The number of hydrogen-bond donors (Lipinski definition) is 2. The summed E-state index contributed by atoms with van der Waals surface area (Å²) in [7, 11) is 0. The Labute approximate surface area is 105 Å². The first-order chi connectivity index (χ1) is 8.22. The molecule has 5 nitrogen and oxygen atoms in total. The normalized spacial score (nSPS) is 15.5. The van der Waals surface area contributed by atoms with Gasteiger partial charge < -0.3 is 19.6 Å². The number of carbonyl (C=O) groups excluding carboxylic acids is 1. The maximum Gasteiger partial charge on any atom is 0.224 e. The van der Waals surface area contributed by atoms with Gasteiger partial charge in [-0.1, -0.05) is 0 Å². The number of nitrogens with one attached hydrogen (secondary N) is 1. The maximum absolute atomic E-state index is 11.9. The molecule has 1 aromatic rings. The van der Waals surface area contributed by atoms with E-state index in [2.05, 4.69) is 4.98 Å². The largest absolute Gasteiger partial charge is 0.390 e. The van der Waals surface area contributed by atoms with E-state index in [4.69, 9.17) is 17.3 Å². The monoisotopic (exact) mass is 255 g/mol. The van der Waals surface area contributed by atoms with Gasteiger partial charge in [0.2, 0.25) is 5.91 Å². The molecule has 1 fully saturated rings. The van der Waals surface area contributed by atoms with Crippen LogP contribution < -0.4 is 0 Å². The van der Waals surface area contributed by atoms with Crippen LogP contribution in [0, 0.1) is 4.77 Å². The number of carbonyl (C=O) groups is 1. The number of aliphatic hydroxyl groups is 1. The highest BCUT2D eigenvalue weighted by atomic mass is 32.1. The van der Waals surface area contributed by atoms with Crippen molar-refractivity contribution >= 4 is 18.1 Å². The predicted molar refractivity (Wildman–Crippen MR) is 66.0 cm³/mol. The first-order valence-corrected chi connectivity index (χ1v) is 6.29. The average molecular weight is 255 g/mol. The van der Waals surface area contributed by atoms with Crippen molar-refractivity contribution in [3.05, 3.63) is 16.7 Å². The SMILES string of the molecule is O=C(CCn1c(CO)c[nH]c1=S)N1CCCC1. The van der Waals surface area contributed by atoms with Crippen molar-refractivity contribution in [3.8, 4) is 0 Å². The molecule has 1 aliphatic rings. The lowest BCUT2D eigenvalue weighted by Crippen LogP contribution is -2.28. The first kappa shape index (κ1) is 12.3. The molecule has 0 bridgehead atoms. The van der Waals surface area contributed by atoms with Gasteiger partial charge in [-0.05, 0) is 25.1 Å². The van der Waals surface area contributed by atoms with Gasteiger partial charge in [0.15, 0.2) is 4.77 Å². The van der Waals surface area contributed by atoms with Gasteiger partial charge in [0, 0.05) is 32.3 Å². The lowest BCUT2D eigenvalue weighted by Gasteiger charge is -2.15. The lowest BCUT2D eigenvalue weighted by atomic mass is 10.3. The molecule has 1 aromatic heterocycles. The number of aliphatic hydroxyl groups excluding tert-OH is 1. The number of likely N-dealkylation sites (tertiary alicyclic amines) is 1. The Kier molecular flexibility index (Phi) is 3.96. The number of aromatic amines is 1. The van der Waals surface area contributed by atoms with Crippen LogP contribution in [-0.4, -0.2) is 38.6 Å². The first-order valence-electron chi connectivity index (χ1n) is 5.88. The highest BCUT2D eigenvalue weighted by molar-refractivity contribution is 7.71. The highest BCUT2D eigenvalue weighted by Crippen LogP contribution is 2.10. The molecular weight excluding hydrogens is 238 g/mol. The minimum absolute atomic E-state index is 0.0644. The van der Waals surface area contributed by atoms with Crippen molar-refractivity contribution in [2.45, 2.75) is 32.4 Å². The number of nitrogens with zero attached hydrogens (tertiary/aromatic N) is 2. The molecule has 94 valence electrons. The molecule has 0 atom stereocenters. The zero-order valence-corrected chi connectivity index (χ0v) is 10.5. The summed E-state index contributed by atoms with van der Waals surface area (Å²) >= 11 is 5.10. The molecule has 0 unspecified atom stereocenters. The molecule has 1 amide bonds. The number of hydrogen-bond acceptors (Lipinski definition) is 3. The topological polar surface area (TPSA) is 61.3 Å². The van der Waals surface area contributed by atoms with Gasteiger partial charge in [0.25, 0.3) is 0 Å². The fraction of sp³-hybridized carbons (Fsp3) is 0.636. The Bertz CT molecular complexity index is 446. The van der Waals surface area contributed by atoms with Gasteiger partial charge in [-0.25, -0.2) is 0 Å². The molecule has 0 aliphatic carbocycles. The van der Waals surface area contributed by atoms with Gasteiger partial charge in [-0.15, -0.1) is 0 Å². The zero-order chi connectivity index (χ0) is 12.3. The Morgan fingerprint density at radius 2 is 2.18 bits per heavy atom. The summed E-state index contributed by atoms with van der Waals surface area (Å²) < 4.78 is 2.34. The van der Waals surface area contributed by atoms with Crippen LogP contribution in [0.2, 0.25) is 0 Å². The number of imidazole rings is 1. The van der Waals surface area contributed by atoms with E-state index in [1.165, 1.54) is 0 Å². The van der Waals surface area contributed by atoms with Crippen LogP contribution in [0.4, 0.5) is 0 Å². The fourth-order valence-corrected chi connectivity index (χ4v) is 2.41. The van der Waals surface area contributed by atoms with E-state index in [0.717, 1.165) is 31.6 Å². The van der Waals surface area contributed by atoms with Gasteiger partial charge in [-0.3, -0.25) is 4.79 Å². The highest BCUT2D eigenvalue weighted by Gasteiger charge is 2.17. The van der Waals surface area contributed by atoms with Crippen molar-refractivity contribution in [1.29, 1.82) is 0 Å². The van der Waals surface area contributed by atoms with Gasteiger partial charge in [-0.2, -0.15) is 0 Å². The molecule has 17 heavy (non-hydrogen) atoms. The Morgan fingerprint density at radius 1 is 1.47 bits per heavy atom. The summed E-state index contributed by atoms with van der Waals surface area (Å²) in [5, 5.41) is 9.13. The molecule has 0 saturated carbocycles. The van der Waals surface area contributed by atoms with E-state index in [-0.39, 0.29) is 12.5 Å². The van der Waals surface area contributed by atoms with Crippen LogP contribution in [0.25, 0.3) is 0 Å². The molecule has 0 radical (unpaired) electrons. The minimum Gasteiger partial charge on any atom is -0.390 e. The van der Waals surface area contributed by atoms with Crippen molar-refractivity contribution < 1.29 is 9.90 Å². The number of amides is 1. The van der Waals surface area contributed by atoms with Crippen molar-refractivity contribution in [2.24, 2.45) is 0 Å². The smallest absolute Gasteiger partial charge is 0.224 e. The predicted octanol–water partition coefficient (Wildman–Crippen LogP) is 1.05. The Balaban J connectivity index is 1.94. The molecule has 6 heteroatoms. The summed E-state index contributed by atoms with van der Waals surface area (Å²) in [6, 6.07) is 0. The van der Waals surface area contributed by atoms with Crippen LogP contribution in [0.1, 0.15) is 25.0 Å². The molecule has 1 saturated heterocycles. The van der Waals surface area contributed by atoms with Crippen molar-refractivity contribution in [1.82, 2.24) is 14.5 Å². The molecule has 2 N–H and O–H groups in total. The summed E-state index contributed by atoms with van der Waals surface area (Å²) in [6.07, 6.45) is 4.34. The Morgan fingerprint density at radius 3 is 2.82 bits per heavy atom. The summed E-state index contributed by atoms with van der Waals surface area (Å²) in [5.74, 6) is 0.175. The summed E-state index contributed by atoms with van der Waals surface area (Å²) in [6.45, 7) is 2.23. The zero-order valence-electron chi connectivity index (χ0n) is 9.69. The third-order valence-corrected chi connectivity index (χ3v) is 3.46. The number of rotatable bonds is 4. The second-order valence-electron chi connectivity index (χ2n) is 4.23. The molecule has 0 spiro atoms. The van der Waals surface area contributed by atoms with Crippen LogP contribution in [0.3, 0.4) is 0 Å². The van der Waals surface area contributed by atoms with E-state index in [1.807, 2.05) is 4.90 Å². The third-order valence-electron chi connectivity index (χ3n) is 3.12.